The molecule has 0 aromatic carbocycles. The molecule has 1 aromatic rings. The lowest BCUT2D eigenvalue weighted by Gasteiger charge is -2.30. The monoisotopic (exact) mass is 265 g/mol. The molecule has 3 heteroatoms. The highest BCUT2D eigenvalue weighted by atomic mass is 16.5. The van der Waals surface area contributed by atoms with Gasteiger partial charge in [0.15, 0.2) is 0 Å². The molecule has 2 unspecified atom stereocenters. The predicted octanol–water partition coefficient (Wildman–Crippen LogP) is 3.87. The molecule has 0 spiro atoms. The van der Waals surface area contributed by atoms with Crippen molar-refractivity contribution in [1.29, 1.82) is 0 Å². The first-order chi connectivity index (χ1) is 9.35. The van der Waals surface area contributed by atoms with E-state index in [2.05, 4.69) is 19.2 Å². The van der Waals surface area contributed by atoms with Crippen LogP contribution in [0.15, 0.2) is 16.7 Å². The van der Waals surface area contributed by atoms with E-state index in [0.717, 1.165) is 24.8 Å². The lowest BCUT2D eigenvalue weighted by molar-refractivity contribution is -0.0287. The van der Waals surface area contributed by atoms with Gasteiger partial charge in [0, 0.05) is 12.1 Å². The number of nitrogens with one attached hydrogen (secondary N) is 1. The van der Waals surface area contributed by atoms with Crippen LogP contribution >= 0.6 is 0 Å². The van der Waals surface area contributed by atoms with Crippen molar-refractivity contribution in [1.82, 2.24) is 5.32 Å². The first-order valence-electron chi connectivity index (χ1n) is 7.72. The Morgan fingerprint density at radius 3 is 2.95 bits per heavy atom. The van der Waals surface area contributed by atoms with Crippen LogP contribution in [-0.2, 0) is 17.9 Å². The van der Waals surface area contributed by atoms with Crippen molar-refractivity contribution < 1.29 is 9.15 Å². The third-order valence-electron chi connectivity index (χ3n) is 4.20. The molecule has 1 aromatic heterocycles. The molecule has 108 valence electrons. The molecule has 0 radical (unpaired) electrons. The van der Waals surface area contributed by atoms with Gasteiger partial charge in [0.05, 0.1) is 12.4 Å². The van der Waals surface area contributed by atoms with Gasteiger partial charge in [-0.05, 0) is 31.4 Å². The van der Waals surface area contributed by atoms with Crippen molar-refractivity contribution in [2.75, 3.05) is 6.54 Å². The summed E-state index contributed by atoms with van der Waals surface area (Å²) in [6.45, 7) is 6.86. The summed E-state index contributed by atoms with van der Waals surface area (Å²) in [6.07, 6.45) is 8.63. The second-order valence-electron chi connectivity index (χ2n) is 5.45. The fraction of sp³-hybridized carbons (Fsp3) is 0.750. The summed E-state index contributed by atoms with van der Waals surface area (Å²) in [5.74, 6) is 1.72. The number of hydrogen-bond acceptors (Lipinski definition) is 3. The van der Waals surface area contributed by atoms with Gasteiger partial charge in [0.25, 0.3) is 0 Å². The molecule has 1 N–H and O–H groups in total. The molecule has 0 bridgehead atoms. The molecule has 2 atom stereocenters. The summed E-state index contributed by atoms with van der Waals surface area (Å²) < 4.78 is 11.7. The predicted molar refractivity (Wildman–Crippen MR) is 76.9 cm³/mol. The van der Waals surface area contributed by atoms with Crippen LogP contribution in [0.1, 0.15) is 57.3 Å². The molecule has 1 heterocycles. The third kappa shape index (κ3) is 4.08. The minimum Gasteiger partial charge on any atom is -0.467 e. The molecule has 1 aliphatic carbocycles. The Morgan fingerprint density at radius 2 is 2.16 bits per heavy atom. The van der Waals surface area contributed by atoms with Gasteiger partial charge in [-0.2, -0.15) is 0 Å². The van der Waals surface area contributed by atoms with Crippen LogP contribution in [0.4, 0.5) is 0 Å². The maximum atomic E-state index is 6.13. The maximum absolute atomic E-state index is 6.13. The Bertz CT molecular complexity index is 361. The molecule has 0 saturated heterocycles. The average molecular weight is 265 g/mol. The Hall–Kier alpha value is -0.800. The summed E-state index contributed by atoms with van der Waals surface area (Å²) >= 11 is 0. The SMILES string of the molecule is CCNCc1ccoc1COC1CCCCC1CC. The zero-order chi connectivity index (χ0) is 13.5. The van der Waals surface area contributed by atoms with Crippen LogP contribution in [0.2, 0.25) is 0 Å². The lowest BCUT2D eigenvalue weighted by atomic mass is 9.85. The average Bonchev–Trinajstić information content (AvgIpc) is 2.90. The van der Waals surface area contributed by atoms with Crippen LogP contribution < -0.4 is 5.32 Å². The highest BCUT2D eigenvalue weighted by Gasteiger charge is 2.24. The molecular weight excluding hydrogens is 238 g/mol. The largest absolute Gasteiger partial charge is 0.467 e. The summed E-state index contributed by atoms with van der Waals surface area (Å²) in [4.78, 5) is 0. The maximum Gasteiger partial charge on any atom is 0.133 e. The van der Waals surface area contributed by atoms with Crippen LogP contribution in [0.25, 0.3) is 0 Å². The Kier molecular flexibility index (Phi) is 5.93. The molecule has 0 aliphatic heterocycles. The van der Waals surface area contributed by atoms with Gasteiger partial charge in [-0.25, -0.2) is 0 Å². The van der Waals surface area contributed by atoms with Crippen LogP contribution in [0.5, 0.6) is 0 Å². The molecule has 1 saturated carbocycles. The number of furan rings is 1. The van der Waals surface area contributed by atoms with E-state index >= 15 is 0 Å². The Balaban J connectivity index is 1.85. The van der Waals surface area contributed by atoms with Crippen molar-refractivity contribution in [2.24, 2.45) is 5.92 Å². The van der Waals surface area contributed by atoms with Crippen LogP contribution in [-0.4, -0.2) is 12.6 Å². The van der Waals surface area contributed by atoms with E-state index in [0.29, 0.717) is 12.7 Å². The summed E-state index contributed by atoms with van der Waals surface area (Å²) in [5.41, 5.74) is 1.23. The minimum atomic E-state index is 0.427. The molecule has 3 nitrogen and oxygen atoms in total. The van der Waals surface area contributed by atoms with Gasteiger partial charge in [0.1, 0.15) is 12.4 Å². The van der Waals surface area contributed by atoms with Crippen molar-refractivity contribution >= 4 is 0 Å². The first kappa shape index (κ1) is 14.6. The molecule has 2 rings (SSSR count). The van der Waals surface area contributed by atoms with Gasteiger partial charge in [-0.15, -0.1) is 0 Å². The van der Waals surface area contributed by atoms with Crippen molar-refractivity contribution in [3.05, 3.63) is 23.7 Å². The molecule has 0 amide bonds. The van der Waals surface area contributed by atoms with Gasteiger partial charge in [0.2, 0.25) is 0 Å². The fourth-order valence-corrected chi connectivity index (χ4v) is 2.95. The zero-order valence-electron chi connectivity index (χ0n) is 12.3. The molecular formula is C16H27NO2. The molecule has 1 aliphatic rings. The summed E-state index contributed by atoms with van der Waals surface area (Å²) in [6, 6.07) is 2.04. The van der Waals surface area contributed by atoms with E-state index < -0.39 is 0 Å². The fourth-order valence-electron chi connectivity index (χ4n) is 2.95. The molecule has 19 heavy (non-hydrogen) atoms. The summed E-state index contributed by atoms with van der Waals surface area (Å²) in [7, 11) is 0. The highest BCUT2D eigenvalue weighted by Crippen LogP contribution is 2.30. The number of ether oxygens (including phenoxy) is 1. The quantitative estimate of drug-likeness (QED) is 0.812. The first-order valence-corrected chi connectivity index (χ1v) is 7.72. The van der Waals surface area contributed by atoms with E-state index in [1.54, 1.807) is 6.26 Å². The van der Waals surface area contributed by atoms with Gasteiger partial charge in [-0.1, -0.05) is 33.1 Å². The molecule has 1 fully saturated rings. The smallest absolute Gasteiger partial charge is 0.133 e. The van der Waals surface area contributed by atoms with Crippen molar-refractivity contribution in [3.8, 4) is 0 Å². The number of rotatable bonds is 7. The minimum absolute atomic E-state index is 0.427. The second-order valence-corrected chi connectivity index (χ2v) is 5.45. The van der Waals surface area contributed by atoms with E-state index in [4.69, 9.17) is 9.15 Å². The Morgan fingerprint density at radius 1 is 1.32 bits per heavy atom. The van der Waals surface area contributed by atoms with Crippen molar-refractivity contribution in [3.63, 3.8) is 0 Å². The highest BCUT2D eigenvalue weighted by molar-refractivity contribution is 5.16. The van der Waals surface area contributed by atoms with Crippen LogP contribution in [0.3, 0.4) is 0 Å². The van der Waals surface area contributed by atoms with Gasteiger partial charge in [-0.3, -0.25) is 0 Å². The van der Waals surface area contributed by atoms with Crippen LogP contribution in [0, 0.1) is 5.92 Å². The standard InChI is InChI=1S/C16H27NO2/c1-3-13-7-5-6-8-15(13)19-12-16-14(9-10-18-16)11-17-4-2/h9-10,13,15,17H,3-8,11-12H2,1-2H3. The lowest BCUT2D eigenvalue weighted by Crippen LogP contribution is -2.27. The third-order valence-corrected chi connectivity index (χ3v) is 4.20. The van der Waals surface area contributed by atoms with E-state index in [-0.39, 0.29) is 0 Å². The van der Waals surface area contributed by atoms with E-state index in [1.165, 1.54) is 37.7 Å². The van der Waals surface area contributed by atoms with E-state index in [1.807, 2.05) is 6.07 Å². The van der Waals surface area contributed by atoms with Crippen molar-refractivity contribution in [2.45, 2.75) is 65.2 Å². The van der Waals surface area contributed by atoms with E-state index in [9.17, 15) is 0 Å². The second kappa shape index (κ2) is 7.71. The number of hydrogen-bond donors (Lipinski definition) is 1. The summed E-state index contributed by atoms with van der Waals surface area (Å²) in [5, 5.41) is 3.33. The van der Waals surface area contributed by atoms with Gasteiger partial charge < -0.3 is 14.5 Å². The normalized spacial score (nSPS) is 23.7. The Labute approximate surface area is 116 Å². The van der Waals surface area contributed by atoms with Gasteiger partial charge >= 0.3 is 0 Å². The topological polar surface area (TPSA) is 34.4 Å². The zero-order valence-corrected chi connectivity index (χ0v) is 12.3.